The van der Waals surface area contributed by atoms with Crippen molar-refractivity contribution in [3.05, 3.63) is 91.9 Å². The van der Waals surface area contributed by atoms with Crippen LogP contribution in [0.1, 0.15) is 50.3 Å². The number of benzene rings is 2. The first kappa shape index (κ1) is 37.9. The Hall–Kier alpha value is -2.14. The van der Waals surface area contributed by atoms with Crippen molar-refractivity contribution in [2.75, 3.05) is 6.54 Å². The molecule has 0 aliphatic carbocycles. The van der Waals surface area contributed by atoms with Gasteiger partial charge in [0.05, 0.1) is 22.5 Å². The van der Waals surface area contributed by atoms with Crippen molar-refractivity contribution in [2.45, 2.75) is 51.0 Å². The average molecular weight is 635 g/mol. The Bertz CT molecular complexity index is 1480. The van der Waals surface area contributed by atoms with E-state index in [2.05, 4.69) is 14.8 Å². The van der Waals surface area contributed by atoms with Crippen LogP contribution in [0.3, 0.4) is 0 Å². The maximum atomic E-state index is 12.5. The average Bonchev–Trinajstić information content (AvgIpc) is 3.60. The molecule has 0 fully saturated rings. The predicted molar refractivity (Wildman–Crippen MR) is 158 cm³/mol. The molecule has 0 aliphatic heterocycles. The van der Waals surface area contributed by atoms with Crippen LogP contribution in [0.4, 0.5) is 26.3 Å². The van der Waals surface area contributed by atoms with Crippen LogP contribution in [-0.2, 0) is 23.3 Å². The zero-order valence-electron chi connectivity index (χ0n) is 24.0. The molecule has 0 amide bonds. The van der Waals surface area contributed by atoms with Crippen molar-refractivity contribution in [3.63, 3.8) is 0 Å². The summed E-state index contributed by atoms with van der Waals surface area (Å²) >= 11 is 2.81. The van der Waals surface area contributed by atoms with Gasteiger partial charge in [-0.1, -0.05) is 38.1 Å². The molecule has 4 aromatic rings. The maximum Gasteiger partial charge on any atom is 1.00 e. The van der Waals surface area contributed by atoms with Gasteiger partial charge < -0.3 is 12.0 Å². The van der Waals surface area contributed by atoms with Crippen LogP contribution in [0.2, 0.25) is 0 Å². The van der Waals surface area contributed by atoms with Crippen molar-refractivity contribution < 1.29 is 46.6 Å². The summed E-state index contributed by atoms with van der Waals surface area (Å²) in [5.74, 6) is 0. The minimum absolute atomic E-state index is 0. The van der Waals surface area contributed by atoms with Crippen molar-refractivity contribution in [1.82, 2.24) is 9.97 Å². The van der Waals surface area contributed by atoms with Gasteiger partial charge in [-0.3, -0.25) is 0 Å². The molecule has 4 rings (SSSR count). The van der Waals surface area contributed by atoms with Gasteiger partial charge in [0.25, 0.3) is 5.54 Å². The SMILES string of the molecule is CC(C)(CN)c1nc(-c2ccc(C(F)(F)F)cc2)cs1.[AlH3].[C-]#[N+]C(C)(C)c1nc(-c2ccc(C(F)(F)F)cc2)cs1.[H-].[Li+]. The fourth-order valence-electron chi connectivity index (χ4n) is 3.20. The van der Waals surface area contributed by atoms with Gasteiger partial charge in [0.1, 0.15) is 5.01 Å². The van der Waals surface area contributed by atoms with Crippen molar-refractivity contribution >= 4 is 40.0 Å². The van der Waals surface area contributed by atoms with E-state index in [4.69, 9.17) is 12.3 Å². The molecule has 0 radical (unpaired) electrons. The largest absolute Gasteiger partial charge is 1.00 e. The molecule has 0 unspecified atom stereocenters. The Morgan fingerprint density at radius 2 is 1.10 bits per heavy atom. The zero-order chi connectivity index (χ0) is 29.9. The molecule has 2 N–H and O–H groups in total. The first-order chi connectivity index (χ1) is 18.5. The van der Waals surface area contributed by atoms with E-state index >= 15 is 0 Å². The number of nitrogens with two attached hydrogens (primary N) is 1. The van der Waals surface area contributed by atoms with Crippen molar-refractivity contribution in [2.24, 2.45) is 5.73 Å². The number of alkyl halides is 6. The number of hydrogen-bond donors (Lipinski definition) is 1. The summed E-state index contributed by atoms with van der Waals surface area (Å²) in [5.41, 5.74) is 5.98. The third-order valence-electron chi connectivity index (χ3n) is 5.92. The van der Waals surface area contributed by atoms with Crippen molar-refractivity contribution in [1.29, 1.82) is 0 Å². The van der Waals surface area contributed by atoms with Crippen LogP contribution in [0, 0.1) is 6.57 Å². The molecule has 0 aliphatic rings. The number of thiazole rings is 2. The van der Waals surface area contributed by atoms with Crippen molar-refractivity contribution in [3.8, 4) is 22.5 Å². The summed E-state index contributed by atoms with van der Waals surface area (Å²) in [5, 5.41) is 5.14. The normalized spacial score (nSPS) is 11.9. The Morgan fingerprint density at radius 3 is 1.43 bits per heavy atom. The van der Waals surface area contributed by atoms with Crippen LogP contribution >= 0.6 is 22.7 Å². The number of aromatic nitrogens is 2. The fraction of sp³-hybridized carbons (Fsp3) is 0.321. The minimum Gasteiger partial charge on any atom is -1.00 e. The van der Waals surface area contributed by atoms with E-state index in [0.29, 0.717) is 34.1 Å². The molecular weight excluding hydrogens is 604 g/mol. The second kappa shape index (κ2) is 14.6. The van der Waals surface area contributed by atoms with Gasteiger partial charge in [-0.15, -0.1) is 22.7 Å². The van der Waals surface area contributed by atoms with E-state index in [-0.39, 0.29) is 43.1 Å². The molecule has 0 atom stereocenters. The second-order valence-corrected chi connectivity index (χ2v) is 11.7. The van der Waals surface area contributed by atoms with E-state index in [1.165, 1.54) is 46.9 Å². The zero-order valence-corrected chi connectivity index (χ0v) is 24.6. The summed E-state index contributed by atoms with van der Waals surface area (Å²) in [4.78, 5) is 12.3. The fourth-order valence-corrected chi connectivity index (χ4v) is 5.06. The topological polar surface area (TPSA) is 56.2 Å². The molecule has 42 heavy (non-hydrogen) atoms. The molecule has 2 aromatic heterocycles. The standard InChI is InChI=1S/C14H11F3N2S.C14H15F3N2S.Al.Li.4H/c1-13(2,18-3)12-19-11(8-20-12)9-4-6-10(7-5-9)14(15,16)17;1-13(2,8-18)12-19-11(7-20-12)9-3-5-10(6-4-9)14(15,16)17;;;;;;/h4-8H,1-2H3;3-7H,8,18H2,1-2H3;;;;;;/q;;;+1;;;;-1. The summed E-state index contributed by atoms with van der Waals surface area (Å²) in [6.07, 6.45) is -8.65. The third-order valence-corrected chi connectivity index (χ3v) is 8.28. The van der Waals surface area contributed by atoms with E-state index in [1.807, 2.05) is 19.2 Å². The summed E-state index contributed by atoms with van der Waals surface area (Å²) in [7, 11) is 0. The summed E-state index contributed by atoms with van der Waals surface area (Å²) < 4.78 is 74.9. The van der Waals surface area contributed by atoms with E-state index in [1.54, 1.807) is 19.2 Å². The number of hydrogen-bond acceptors (Lipinski definition) is 5. The molecule has 4 nitrogen and oxygen atoms in total. The molecular formula is C28H30AlF6LiN4S2. The molecule has 0 bridgehead atoms. The smallest absolute Gasteiger partial charge is 1.00 e. The molecule has 0 spiro atoms. The van der Waals surface area contributed by atoms with Crippen LogP contribution in [0.25, 0.3) is 27.4 Å². The van der Waals surface area contributed by atoms with Gasteiger partial charge in [-0.25, -0.2) is 16.5 Å². The number of halogens is 6. The number of nitrogens with zero attached hydrogens (tertiary/aromatic N) is 3. The summed E-state index contributed by atoms with van der Waals surface area (Å²) in [6.45, 7) is 15.1. The van der Waals surface area contributed by atoms with Gasteiger partial charge in [0, 0.05) is 47.7 Å². The Morgan fingerprint density at radius 1 is 0.738 bits per heavy atom. The number of rotatable bonds is 5. The van der Waals surface area contributed by atoms with Gasteiger partial charge in [0.15, 0.2) is 22.4 Å². The molecule has 0 saturated carbocycles. The second-order valence-electron chi connectivity index (χ2n) is 9.98. The Labute approximate surface area is 273 Å². The Balaban J connectivity index is 0.000000767. The first-order valence-corrected chi connectivity index (χ1v) is 13.6. The van der Waals surface area contributed by atoms with Crippen LogP contribution in [-0.4, -0.2) is 33.9 Å². The van der Waals surface area contributed by atoms with Crippen LogP contribution in [0.5, 0.6) is 0 Å². The van der Waals surface area contributed by atoms with Crippen LogP contribution < -0.4 is 24.6 Å². The first-order valence-electron chi connectivity index (χ1n) is 11.8. The minimum atomic E-state index is -4.34. The molecule has 2 heterocycles. The van der Waals surface area contributed by atoms with Gasteiger partial charge >= 0.3 is 31.2 Å². The van der Waals surface area contributed by atoms with E-state index in [9.17, 15) is 26.3 Å². The molecule has 14 heteroatoms. The van der Waals surface area contributed by atoms with Crippen LogP contribution in [0.15, 0.2) is 59.3 Å². The van der Waals surface area contributed by atoms with Gasteiger partial charge in [-0.05, 0) is 24.3 Å². The quantitative estimate of drug-likeness (QED) is 0.192. The molecule has 220 valence electrons. The third kappa shape index (κ3) is 9.43. The van der Waals surface area contributed by atoms with Gasteiger partial charge in [-0.2, -0.15) is 26.3 Å². The Kier molecular flexibility index (Phi) is 13.1. The van der Waals surface area contributed by atoms with E-state index in [0.717, 1.165) is 29.3 Å². The summed E-state index contributed by atoms with van der Waals surface area (Å²) in [6, 6.07) is 9.89. The molecule has 0 saturated heterocycles. The monoisotopic (exact) mass is 634 g/mol. The predicted octanol–water partition coefficient (Wildman–Crippen LogP) is 4.98. The van der Waals surface area contributed by atoms with E-state index < -0.39 is 29.0 Å². The molecule has 2 aromatic carbocycles. The maximum absolute atomic E-state index is 12.5. The van der Waals surface area contributed by atoms with Gasteiger partial charge in [0.2, 0.25) is 0 Å².